The van der Waals surface area contributed by atoms with E-state index < -0.39 is 0 Å². The molecule has 0 radical (unpaired) electrons. The molecule has 0 bridgehead atoms. The SMILES string of the molecule is CCC(CC)C(C)Nc1nc2c(cc1C#N)CCC2. The van der Waals surface area contributed by atoms with Crippen LogP contribution in [-0.2, 0) is 12.8 Å². The lowest BCUT2D eigenvalue weighted by Crippen LogP contribution is -2.26. The van der Waals surface area contributed by atoms with E-state index in [4.69, 9.17) is 0 Å². The number of nitrogens with one attached hydrogen (secondary N) is 1. The van der Waals surface area contributed by atoms with Gasteiger partial charge in [0.25, 0.3) is 0 Å². The maximum Gasteiger partial charge on any atom is 0.144 e. The molecule has 1 heterocycles. The fourth-order valence-electron chi connectivity index (χ4n) is 3.00. The third kappa shape index (κ3) is 2.89. The Bertz CT molecular complexity index is 484. The van der Waals surface area contributed by atoms with E-state index in [0.717, 1.165) is 31.5 Å². The van der Waals surface area contributed by atoms with Crippen molar-refractivity contribution in [2.24, 2.45) is 5.92 Å². The van der Waals surface area contributed by atoms with Crippen molar-refractivity contribution in [3.63, 3.8) is 0 Å². The van der Waals surface area contributed by atoms with Gasteiger partial charge in [0.1, 0.15) is 11.9 Å². The van der Waals surface area contributed by atoms with E-state index in [-0.39, 0.29) is 0 Å². The van der Waals surface area contributed by atoms with Gasteiger partial charge in [-0.15, -0.1) is 0 Å². The molecule has 102 valence electrons. The first kappa shape index (κ1) is 13.9. The normalized spacial score (nSPS) is 15.1. The van der Waals surface area contributed by atoms with Crippen molar-refractivity contribution in [3.8, 4) is 6.07 Å². The summed E-state index contributed by atoms with van der Waals surface area (Å²) in [6.45, 7) is 6.62. The van der Waals surface area contributed by atoms with E-state index in [1.165, 1.54) is 17.7 Å². The molecule has 1 unspecified atom stereocenters. The Morgan fingerprint density at radius 2 is 2.11 bits per heavy atom. The largest absolute Gasteiger partial charge is 0.366 e. The minimum absolute atomic E-state index is 0.356. The van der Waals surface area contributed by atoms with Crippen LogP contribution >= 0.6 is 0 Å². The van der Waals surface area contributed by atoms with Gasteiger partial charge in [0.2, 0.25) is 0 Å². The van der Waals surface area contributed by atoms with E-state index in [1.807, 2.05) is 6.07 Å². The van der Waals surface area contributed by atoms with Crippen LogP contribution in [0.15, 0.2) is 6.07 Å². The fourth-order valence-corrected chi connectivity index (χ4v) is 3.00. The minimum Gasteiger partial charge on any atom is -0.366 e. The van der Waals surface area contributed by atoms with E-state index in [1.54, 1.807) is 0 Å². The molecule has 1 aromatic heterocycles. The summed E-state index contributed by atoms with van der Waals surface area (Å²) in [7, 11) is 0. The fraction of sp³-hybridized carbons (Fsp3) is 0.625. The summed E-state index contributed by atoms with van der Waals surface area (Å²) < 4.78 is 0. The Kier molecular flexibility index (Phi) is 4.42. The summed E-state index contributed by atoms with van der Waals surface area (Å²) in [6.07, 6.45) is 5.59. The molecule has 1 aromatic rings. The van der Waals surface area contributed by atoms with Crippen molar-refractivity contribution in [3.05, 3.63) is 22.9 Å². The summed E-state index contributed by atoms with van der Waals surface area (Å²) in [5.41, 5.74) is 3.13. The highest BCUT2D eigenvalue weighted by molar-refractivity contribution is 5.55. The van der Waals surface area contributed by atoms with Gasteiger partial charge in [-0.25, -0.2) is 4.98 Å². The smallest absolute Gasteiger partial charge is 0.144 e. The van der Waals surface area contributed by atoms with Gasteiger partial charge in [-0.05, 0) is 43.7 Å². The van der Waals surface area contributed by atoms with Crippen LogP contribution in [0.25, 0.3) is 0 Å². The molecule has 2 rings (SSSR count). The Morgan fingerprint density at radius 3 is 2.74 bits per heavy atom. The standard InChI is InChI=1S/C16H23N3/c1-4-12(5-2)11(3)18-16-14(10-17)9-13-7-6-8-15(13)19-16/h9,11-12H,4-8H2,1-3H3,(H,18,19). The van der Waals surface area contributed by atoms with Crippen molar-refractivity contribution in [1.82, 2.24) is 4.98 Å². The lowest BCUT2D eigenvalue weighted by molar-refractivity contribution is 0.437. The quantitative estimate of drug-likeness (QED) is 0.875. The Hall–Kier alpha value is -1.56. The third-order valence-electron chi connectivity index (χ3n) is 4.29. The maximum absolute atomic E-state index is 9.29. The van der Waals surface area contributed by atoms with Gasteiger partial charge in [-0.3, -0.25) is 0 Å². The number of fused-ring (bicyclic) bond motifs is 1. The average molecular weight is 257 g/mol. The summed E-state index contributed by atoms with van der Waals surface area (Å²) in [5.74, 6) is 1.41. The van der Waals surface area contributed by atoms with E-state index in [2.05, 4.69) is 37.1 Å². The predicted molar refractivity (Wildman–Crippen MR) is 78.1 cm³/mol. The first-order valence-corrected chi connectivity index (χ1v) is 7.39. The number of pyridine rings is 1. The highest BCUT2D eigenvalue weighted by atomic mass is 15.0. The molecule has 1 atom stereocenters. The van der Waals surface area contributed by atoms with Gasteiger partial charge in [0.05, 0.1) is 5.56 Å². The molecular weight excluding hydrogens is 234 g/mol. The van der Waals surface area contributed by atoms with Crippen molar-refractivity contribution >= 4 is 5.82 Å². The molecule has 3 heteroatoms. The summed E-state index contributed by atoms with van der Waals surface area (Å²) in [6, 6.07) is 4.66. The number of nitrogens with zero attached hydrogens (tertiary/aromatic N) is 2. The molecule has 0 fully saturated rings. The molecule has 19 heavy (non-hydrogen) atoms. The highest BCUT2D eigenvalue weighted by Crippen LogP contribution is 2.26. The van der Waals surface area contributed by atoms with Crippen LogP contribution in [0.2, 0.25) is 0 Å². The Balaban J connectivity index is 2.22. The summed E-state index contributed by atoms with van der Waals surface area (Å²) in [4.78, 5) is 4.68. The minimum atomic E-state index is 0.356. The monoisotopic (exact) mass is 257 g/mol. The van der Waals surface area contributed by atoms with Crippen LogP contribution in [-0.4, -0.2) is 11.0 Å². The molecule has 1 N–H and O–H groups in total. The van der Waals surface area contributed by atoms with Crippen molar-refractivity contribution in [1.29, 1.82) is 5.26 Å². The summed E-state index contributed by atoms with van der Waals surface area (Å²) >= 11 is 0. The predicted octanol–water partition coefficient (Wildman–Crippen LogP) is 3.68. The topological polar surface area (TPSA) is 48.7 Å². The van der Waals surface area contributed by atoms with Crippen molar-refractivity contribution < 1.29 is 0 Å². The van der Waals surface area contributed by atoms with Crippen LogP contribution in [0.3, 0.4) is 0 Å². The molecule has 3 nitrogen and oxygen atoms in total. The summed E-state index contributed by atoms with van der Waals surface area (Å²) in [5, 5.41) is 12.7. The zero-order chi connectivity index (χ0) is 13.8. The van der Waals surface area contributed by atoms with Gasteiger partial charge >= 0.3 is 0 Å². The molecule has 1 aliphatic rings. The highest BCUT2D eigenvalue weighted by Gasteiger charge is 2.19. The molecule has 0 saturated carbocycles. The second-order valence-electron chi connectivity index (χ2n) is 5.47. The number of nitriles is 1. The van der Waals surface area contributed by atoms with Crippen LogP contribution < -0.4 is 5.32 Å². The number of hydrogen-bond donors (Lipinski definition) is 1. The van der Waals surface area contributed by atoms with Crippen molar-refractivity contribution in [2.75, 3.05) is 5.32 Å². The molecule has 0 amide bonds. The first-order valence-electron chi connectivity index (χ1n) is 7.39. The van der Waals surface area contributed by atoms with Gasteiger partial charge in [-0.1, -0.05) is 26.7 Å². The number of hydrogen-bond acceptors (Lipinski definition) is 3. The first-order chi connectivity index (χ1) is 9.19. The van der Waals surface area contributed by atoms with Gasteiger partial charge in [0, 0.05) is 11.7 Å². The van der Waals surface area contributed by atoms with Gasteiger partial charge in [-0.2, -0.15) is 5.26 Å². The lowest BCUT2D eigenvalue weighted by atomic mass is 9.95. The number of rotatable bonds is 5. The molecule has 0 aliphatic heterocycles. The number of aromatic nitrogens is 1. The lowest BCUT2D eigenvalue weighted by Gasteiger charge is -2.23. The Labute approximate surface area is 116 Å². The number of anilines is 1. The van der Waals surface area contributed by atoms with Crippen LogP contribution in [0.4, 0.5) is 5.82 Å². The zero-order valence-corrected chi connectivity index (χ0v) is 12.2. The van der Waals surface area contributed by atoms with Gasteiger partial charge < -0.3 is 5.32 Å². The van der Waals surface area contributed by atoms with Crippen LogP contribution in [0, 0.1) is 17.2 Å². The maximum atomic E-state index is 9.29. The second kappa shape index (κ2) is 6.06. The van der Waals surface area contributed by atoms with E-state index in [9.17, 15) is 5.26 Å². The van der Waals surface area contributed by atoms with Gasteiger partial charge in [0.15, 0.2) is 0 Å². The molecule has 0 aromatic carbocycles. The van der Waals surface area contributed by atoms with Crippen molar-refractivity contribution in [2.45, 2.75) is 58.9 Å². The van der Waals surface area contributed by atoms with Crippen LogP contribution in [0.1, 0.15) is 56.9 Å². The van der Waals surface area contributed by atoms with Crippen LogP contribution in [0.5, 0.6) is 0 Å². The van der Waals surface area contributed by atoms with E-state index in [0.29, 0.717) is 17.5 Å². The number of aryl methyl sites for hydroxylation is 2. The molecule has 0 saturated heterocycles. The van der Waals surface area contributed by atoms with E-state index >= 15 is 0 Å². The third-order valence-corrected chi connectivity index (χ3v) is 4.29. The Morgan fingerprint density at radius 1 is 1.37 bits per heavy atom. The zero-order valence-electron chi connectivity index (χ0n) is 12.2. The molecular formula is C16H23N3. The second-order valence-corrected chi connectivity index (χ2v) is 5.47. The average Bonchev–Trinajstić information content (AvgIpc) is 2.86. The molecule has 0 spiro atoms. The molecule has 1 aliphatic carbocycles.